The Bertz CT molecular complexity index is 698. The average molecular weight is 339 g/mol. The van der Waals surface area contributed by atoms with Gasteiger partial charge < -0.3 is 11.5 Å². The summed E-state index contributed by atoms with van der Waals surface area (Å²) in [5.74, 6) is -0.0595. The zero-order valence-corrected chi connectivity index (χ0v) is 13.1. The predicted octanol–water partition coefficient (Wildman–Crippen LogP) is 2.58. The van der Waals surface area contributed by atoms with E-state index in [1.807, 2.05) is 24.3 Å². The van der Waals surface area contributed by atoms with Crippen LogP contribution in [0.15, 0.2) is 24.3 Å². The molecule has 0 radical (unpaired) electrons. The topological polar surface area (TPSA) is 104 Å². The van der Waals surface area contributed by atoms with Crippen LogP contribution in [-0.4, -0.2) is 20.4 Å². The van der Waals surface area contributed by atoms with Crippen molar-refractivity contribution in [2.24, 2.45) is 0 Å². The molecule has 2 heterocycles. The molecule has 9 heteroatoms. The number of nitrogen functional groups attached to an aromatic ring is 2. The van der Waals surface area contributed by atoms with Crippen molar-refractivity contribution in [2.75, 3.05) is 11.5 Å². The SMILES string of the molecule is Nc1nnc(C(Cc2ccc(Cl)cc2)c2nnc(N)s2)s1. The van der Waals surface area contributed by atoms with Crippen molar-refractivity contribution < 1.29 is 0 Å². The molecule has 0 saturated carbocycles. The third-order valence-electron chi connectivity index (χ3n) is 2.86. The van der Waals surface area contributed by atoms with Crippen molar-refractivity contribution >= 4 is 44.5 Å². The van der Waals surface area contributed by atoms with Gasteiger partial charge in [0.1, 0.15) is 10.0 Å². The minimum absolute atomic E-state index is 0.0595. The van der Waals surface area contributed by atoms with Crippen LogP contribution in [0.25, 0.3) is 0 Å². The van der Waals surface area contributed by atoms with E-state index in [4.69, 9.17) is 23.1 Å². The van der Waals surface area contributed by atoms with Crippen molar-refractivity contribution in [2.45, 2.75) is 12.3 Å². The lowest BCUT2D eigenvalue weighted by molar-refractivity contribution is 0.758. The second-order valence-electron chi connectivity index (χ2n) is 4.34. The van der Waals surface area contributed by atoms with Crippen LogP contribution in [-0.2, 0) is 6.42 Å². The maximum Gasteiger partial charge on any atom is 0.203 e. The van der Waals surface area contributed by atoms with E-state index in [-0.39, 0.29) is 5.92 Å². The molecule has 0 aliphatic carbocycles. The molecule has 0 fully saturated rings. The molecule has 0 amide bonds. The van der Waals surface area contributed by atoms with Crippen LogP contribution in [0.1, 0.15) is 21.5 Å². The Kier molecular flexibility index (Phi) is 4.00. The van der Waals surface area contributed by atoms with E-state index < -0.39 is 0 Å². The van der Waals surface area contributed by atoms with E-state index in [2.05, 4.69) is 20.4 Å². The van der Waals surface area contributed by atoms with Crippen molar-refractivity contribution in [1.82, 2.24) is 20.4 Å². The fourth-order valence-corrected chi connectivity index (χ4v) is 3.54. The minimum Gasteiger partial charge on any atom is -0.374 e. The maximum atomic E-state index is 5.92. The third-order valence-corrected chi connectivity index (χ3v) is 4.85. The fraction of sp³-hybridized carbons (Fsp3) is 0.167. The highest BCUT2D eigenvalue weighted by Crippen LogP contribution is 2.33. The van der Waals surface area contributed by atoms with Gasteiger partial charge in [-0.2, -0.15) is 0 Å². The van der Waals surface area contributed by atoms with Crippen LogP contribution in [0.5, 0.6) is 0 Å². The summed E-state index contributed by atoms with van der Waals surface area (Å²) in [5, 5.41) is 19.2. The maximum absolute atomic E-state index is 5.92. The Balaban J connectivity index is 1.94. The lowest BCUT2D eigenvalue weighted by atomic mass is 10.0. The van der Waals surface area contributed by atoms with Gasteiger partial charge in [0.25, 0.3) is 0 Å². The first kappa shape index (κ1) is 14.2. The fourth-order valence-electron chi connectivity index (χ4n) is 1.91. The van der Waals surface area contributed by atoms with Crippen LogP contribution in [0.2, 0.25) is 5.02 Å². The molecule has 4 N–H and O–H groups in total. The number of halogens is 1. The number of nitrogens with zero attached hydrogens (tertiary/aromatic N) is 4. The summed E-state index contributed by atoms with van der Waals surface area (Å²) in [6.45, 7) is 0. The number of benzene rings is 1. The van der Waals surface area contributed by atoms with Gasteiger partial charge in [0.2, 0.25) is 10.3 Å². The van der Waals surface area contributed by atoms with E-state index in [0.29, 0.717) is 21.7 Å². The third kappa shape index (κ3) is 3.29. The largest absolute Gasteiger partial charge is 0.374 e. The molecule has 3 rings (SSSR count). The summed E-state index contributed by atoms with van der Waals surface area (Å²) in [6, 6.07) is 7.67. The van der Waals surface area contributed by atoms with Gasteiger partial charge in [-0.05, 0) is 24.1 Å². The molecule has 0 spiro atoms. The highest BCUT2D eigenvalue weighted by atomic mass is 35.5. The first-order valence-corrected chi connectivity index (χ1v) is 8.05. The van der Waals surface area contributed by atoms with Gasteiger partial charge in [0.05, 0.1) is 5.92 Å². The van der Waals surface area contributed by atoms with Gasteiger partial charge in [-0.15, -0.1) is 20.4 Å². The van der Waals surface area contributed by atoms with Gasteiger partial charge in [0.15, 0.2) is 0 Å². The van der Waals surface area contributed by atoms with E-state index in [0.717, 1.165) is 15.6 Å². The minimum atomic E-state index is -0.0595. The molecular formula is C12H11ClN6S2. The lowest BCUT2D eigenvalue weighted by Crippen LogP contribution is -2.05. The molecule has 0 aliphatic rings. The Labute approximate surface area is 133 Å². The molecule has 0 bridgehead atoms. The Morgan fingerprint density at radius 3 is 1.86 bits per heavy atom. The summed E-state index contributed by atoms with van der Waals surface area (Å²) in [6.07, 6.45) is 0.709. The van der Waals surface area contributed by atoms with Gasteiger partial charge >= 0.3 is 0 Å². The molecular weight excluding hydrogens is 328 g/mol. The number of nitrogens with two attached hydrogens (primary N) is 2. The smallest absolute Gasteiger partial charge is 0.203 e. The number of hydrogen-bond acceptors (Lipinski definition) is 8. The van der Waals surface area contributed by atoms with E-state index in [1.54, 1.807) is 0 Å². The molecule has 0 atom stereocenters. The summed E-state index contributed by atoms with van der Waals surface area (Å²) in [4.78, 5) is 0. The number of anilines is 2. The van der Waals surface area contributed by atoms with Crippen LogP contribution >= 0.6 is 34.3 Å². The average Bonchev–Trinajstić information content (AvgIpc) is 3.07. The predicted molar refractivity (Wildman–Crippen MR) is 85.6 cm³/mol. The molecule has 3 aromatic rings. The molecule has 6 nitrogen and oxygen atoms in total. The highest BCUT2D eigenvalue weighted by Gasteiger charge is 2.23. The van der Waals surface area contributed by atoms with E-state index in [9.17, 15) is 0 Å². The lowest BCUT2D eigenvalue weighted by Gasteiger charge is -2.10. The first-order chi connectivity index (χ1) is 10.1. The molecule has 1 aromatic carbocycles. The van der Waals surface area contributed by atoms with Crippen molar-refractivity contribution in [1.29, 1.82) is 0 Å². The quantitative estimate of drug-likeness (QED) is 0.757. The standard InChI is InChI=1S/C12H11ClN6S2/c13-7-3-1-6(2-4-7)5-8(9-16-18-11(14)20-9)10-17-19-12(15)21-10/h1-4,8H,5H2,(H2,14,18)(H2,15,19). The highest BCUT2D eigenvalue weighted by molar-refractivity contribution is 7.16. The van der Waals surface area contributed by atoms with Crippen LogP contribution in [0, 0.1) is 0 Å². The second kappa shape index (κ2) is 5.92. The van der Waals surface area contributed by atoms with Crippen LogP contribution < -0.4 is 11.5 Å². The van der Waals surface area contributed by atoms with Crippen molar-refractivity contribution in [3.63, 3.8) is 0 Å². The normalized spacial score (nSPS) is 11.1. The molecule has 0 unspecified atom stereocenters. The molecule has 2 aromatic heterocycles. The zero-order valence-electron chi connectivity index (χ0n) is 10.7. The van der Waals surface area contributed by atoms with Crippen molar-refractivity contribution in [3.05, 3.63) is 44.9 Å². The number of aromatic nitrogens is 4. The van der Waals surface area contributed by atoms with Crippen molar-refractivity contribution in [3.8, 4) is 0 Å². The number of hydrogen-bond donors (Lipinski definition) is 2. The molecule has 0 saturated heterocycles. The van der Waals surface area contributed by atoms with Gasteiger partial charge in [-0.1, -0.05) is 46.4 Å². The molecule has 108 valence electrons. The number of rotatable bonds is 4. The molecule has 0 aliphatic heterocycles. The first-order valence-electron chi connectivity index (χ1n) is 6.04. The van der Waals surface area contributed by atoms with E-state index in [1.165, 1.54) is 22.7 Å². The Morgan fingerprint density at radius 1 is 0.905 bits per heavy atom. The Morgan fingerprint density at radius 2 is 1.43 bits per heavy atom. The molecule has 21 heavy (non-hydrogen) atoms. The zero-order chi connectivity index (χ0) is 14.8. The van der Waals surface area contributed by atoms with E-state index >= 15 is 0 Å². The van der Waals surface area contributed by atoms with Gasteiger partial charge in [-0.3, -0.25) is 0 Å². The Hall–Kier alpha value is -1.77. The summed E-state index contributed by atoms with van der Waals surface area (Å²) in [5.41, 5.74) is 12.5. The summed E-state index contributed by atoms with van der Waals surface area (Å²) < 4.78 is 0. The summed E-state index contributed by atoms with van der Waals surface area (Å²) in [7, 11) is 0. The van der Waals surface area contributed by atoms with Gasteiger partial charge in [0, 0.05) is 5.02 Å². The van der Waals surface area contributed by atoms with Crippen LogP contribution in [0.3, 0.4) is 0 Å². The van der Waals surface area contributed by atoms with Crippen LogP contribution in [0.4, 0.5) is 10.3 Å². The second-order valence-corrected chi connectivity index (χ2v) is 6.86. The summed E-state index contributed by atoms with van der Waals surface area (Å²) >= 11 is 8.62. The van der Waals surface area contributed by atoms with Gasteiger partial charge in [-0.25, -0.2) is 0 Å². The monoisotopic (exact) mass is 338 g/mol.